The lowest BCUT2D eigenvalue weighted by molar-refractivity contribution is -0.172. The zero-order valence-corrected chi connectivity index (χ0v) is 47.9. The van der Waals surface area contributed by atoms with E-state index in [0.29, 0.717) is 87.2 Å². The second kappa shape index (κ2) is 27.2. The summed E-state index contributed by atoms with van der Waals surface area (Å²) in [7, 11) is 0. The number of halogens is 1. The number of amides is 9. The molecule has 9 rings (SSSR count). The van der Waals surface area contributed by atoms with Crippen LogP contribution in [-0.4, -0.2) is 124 Å². The maximum absolute atomic E-state index is 15.4. The predicted molar refractivity (Wildman–Crippen MR) is 308 cm³/mol. The van der Waals surface area contributed by atoms with Crippen molar-refractivity contribution >= 4 is 88.1 Å². The largest absolute Gasteiger partial charge is 0.458 e. The maximum atomic E-state index is 15.4. The first kappa shape index (κ1) is 61.3. The second-order valence-electron chi connectivity index (χ2n) is 21.0. The van der Waals surface area contributed by atoms with Crippen LogP contribution in [0, 0.1) is 17.4 Å². The summed E-state index contributed by atoms with van der Waals surface area (Å²) in [6, 6.07) is 16.5. The van der Waals surface area contributed by atoms with Gasteiger partial charge in [0, 0.05) is 65.4 Å². The minimum Gasteiger partial charge on any atom is -0.458 e. The fraction of sp³-hybridized carbons (Fsp3) is 0.367. The molecule has 0 saturated carbocycles. The van der Waals surface area contributed by atoms with Crippen LogP contribution < -0.4 is 37.2 Å². The number of alkyl carbamates (subject to hydrolysis) is 1. The van der Waals surface area contributed by atoms with Crippen LogP contribution in [0.2, 0.25) is 0 Å². The van der Waals surface area contributed by atoms with Crippen LogP contribution in [0.3, 0.4) is 0 Å². The van der Waals surface area contributed by atoms with E-state index < -0.39 is 97.2 Å². The number of hydrogen-bond acceptors (Lipinski definition) is 16. The number of anilines is 1. The number of benzene rings is 3. The highest BCUT2D eigenvalue weighted by Crippen LogP contribution is 2.47. The first-order chi connectivity index (χ1) is 41.3. The van der Waals surface area contributed by atoms with Gasteiger partial charge in [-0.2, -0.15) is 0 Å². The van der Waals surface area contributed by atoms with Gasteiger partial charge in [0.25, 0.3) is 11.8 Å². The van der Waals surface area contributed by atoms with Gasteiger partial charge in [0.15, 0.2) is 5.60 Å². The molecule has 0 spiro atoms. The van der Waals surface area contributed by atoms with Gasteiger partial charge < -0.3 is 55.8 Å². The second-order valence-corrected chi connectivity index (χ2v) is 21.4. The number of hydrogen-bond donors (Lipinski definition) is 8. The smallest absolute Gasteiger partial charge is 0.409 e. The zero-order valence-electron chi connectivity index (χ0n) is 47.1. The van der Waals surface area contributed by atoms with Gasteiger partial charge in [-0.15, -0.1) is 0 Å². The molecule has 9 amide bonds. The first-order valence-electron chi connectivity index (χ1n) is 28.0. The van der Waals surface area contributed by atoms with Crippen LogP contribution in [-0.2, 0) is 95.6 Å². The summed E-state index contributed by atoms with van der Waals surface area (Å²) in [4.78, 5) is 132. The van der Waals surface area contributed by atoms with Gasteiger partial charge in [-0.3, -0.25) is 48.6 Å². The van der Waals surface area contributed by atoms with Gasteiger partial charge >= 0.3 is 12.1 Å². The standard InChI is InChI=1S/C60H63FN10O14S/c1-3-60(82)40-23-45-55-38(28-71(45)57(86)39(40)30-84-58(60)80)54-42(18-17-37-33(2)41(61)24-43(69-55)53(37)54)67-50(76)31-83-32-65-59(81)85-29-35-13-15-36(16-14-35)66-48(74)27-64-56(79)44(22-34-10-6-4-7-11-34)68-49(75)26-63-47(73)25-62-46(72)12-8-5-9-21-70-51(77)19-20-52(70)78/h4,6-7,10-11,13-16,19-20,23-24,42,44,82H,3,5,8-9,12,17-18,21-22,25-32H2,1-2H3,(H,62,72)(H,63,73)(H,64,79)(H,65,81)(H,66,74)(H,67,76)(H,68,75)/t42-,44-,60-/m0/s1. The summed E-state index contributed by atoms with van der Waals surface area (Å²) in [5.41, 5.74) is 4.77. The summed E-state index contributed by atoms with van der Waals surface area (Å²) in [6.07, 6.45) is 4.24. The number of nitrogens with zero attached hydrogens (tertiary/aromatic N) is 3. The first-order valence-corrected chi connectivity index (χ1v) is 28.4. The van der Waals surface area contributed by atoms with Gasteiger partial charge in [0.2, 0.25) is 35.4 Å². The van der Waals surface area contributed by atoms with Crippen molar-refractivity contribution in [3.05, 3.63) is 134 Å². The topological polar surface area (TPSA) is 324 Å². The normalized spacial score (nSPS) is 16.5. The molecule has 3 aromatic carbocycles. The van der Waals surface area contributed by atoms with E-state index in [2.05, 4.69) is 37.2 Å². The number of imide groups is 1. The quantitative estimate of drug-likeness (QED) is 0.0134. The van der Waals surface area contributed by atoms with Crippen LogP contribution in [0.5, 0.6) is 0 Å². The molecule has 8 N–H and O–H groups in total. The Morgan fingerprint density at radius 1 is 0.837 bits per heavy atom. The van der Waals surface area contributed by atoms with Crippen molar-refractivity contribution in [2.75, 3.05) is 44.8 Å². The summed E-state index contributed by atoms with van der Waals surface area (Å²) >= 11 is 5.91. The molecule has 2 aromatic heterocycles. The highest BCUT2D eigenvalue weighted by Gasteiger charge is 2.45. The average Bonchev–Trinajstić information content (AvgIpc) is 1.55. The number of esters is 1. The minimum atomic E-state index is -1.92. The Morgan fingerprint density at radius 3 is 2.30 bits per heavy atom. The Morgan fingerprint density at radius 2 is 1.56 bits per heavy atom. The lowest BCUT2D eigenvalue weighted by Gasteiger charge is -2.32. The van der Waals surface area contributed by atoms with Gasteiger partial charge in [0.1, 0.15) is 43.1 Å². The van der Waals surface area contributed by atoms with E-state index in [9.17, 15) is 53.1 Å². The van der Waals surface area contributed by atoms with Crippen LogP contribution in [0.15, 0.2) is 78.9 Å². The third-order valence-electron chi connectivity index (χ3n) is 15.3. The molecule has 5 heterocycles. The fourth-order valence-corrected chi connectivity index (χ4v) is 11.1. The Labute approximate surface area is 497 Å². The molecule has 0 unspecified atom stereocenters. The Hall–Kier alpha value is -9.27. The average molecular weight is 1200 g/mol. The summed E-state index contributed by atoms with van der Waals surface area (Å²) in [5.74, 6) is -5.42. The van der Waals surface area contributed by atoms with E-state index in [1.54, 1.807) is 74.5 Å². The number of ether oxygens (including phenoxy) is 3. The monoisotopic (exact) mass is 1200 g/mol. The number of unbranched alkanes of at least 4 members (excludes halogenated alkanes) is 2. The van der Waals surface area contributed by atoms with Crippen molar-refractivity contribution in [2.45, 2.75) is 103 Å². The van der Waals surface area contributed by atoms with E-state index in [-0.39, 0.29) is 64.1 Å². The van der Waals surface area contributed by atoms with Gasteiger partial charge in [-0.25, -0.2) is 19.0 Å². The van der Waals surface area contributed by atoms with Crippen LogP contribution in [0.4, 0.5) is 14.9 Å². The molecule has 0 saturated heterocycles. The molecule has 4 aliphatic rings. The molecule has 24 nitrogen and oxygen atoms in total. The van der Waals surface area contributed by atoms with Crippen molar-refractivity contribution < 1.29 is 71.7 Å². The molecule has 5 aromatic rings. The zero-order chi connectivity index (χ0) is 61.2. The number of aliphatic hydroxyl groups is 1. The number of nitrogens with one attached hydrogen (secondary N) is 7. The molecule has 0 radical (unpaired) electrons. The molecular formula is C60H63FN10O14S. The van der Waals surface area contributed by atoms with Crippen molar-refractivity contribution in [1.82, 2.24) is 46.4 Å². The van der Waals surface area contributed by atoms with Crippen LogP contribution >= 0.6 is 12.2 Å². The predicted octanol–water partition coefficient (Wildman–Crippen LogP) is 3.40. The van der Waals surface area contributed by atoms with E-state index in [1.807, 2.05) is 4.57 Å². The highest BCUT2D eigenvalue weighted by atomic mass is 32.1. The van der Waals surface area contributed by atoms with Crippen molar-refractivity contribution in [1.29, 1.82) is 0 Å². The number of rotatable bonds is 25. The van der Waals surface area contributed by atoms with Crippen LogP contribution in [0.1, 0.15) is 96.0 Å². The third-order valence-corrected chi connectivity index (χ3v) is 15.8. The van der Waals surface area contributed by atoms with Gasteiger partial charge in [-0.05, 0) is 85.0 Å². The number of aryl methyl sites for hydroxylation is 1. The molecule has 3 aliphatic heterocycles. The third kappa shape index (κ3) is 14.1. The van der Waals surface area contributed by atoms with Crippen molar-refractivity contribution in [3.63, 3.8) is 0 Å². The number of cyclic esters (lactones) is 1. The molecule has 26 heteroatoms. The molecule has 86 heavy (non-hydrogen) atoms. The Bertz CT molecular complexity index is 3640. The fourth-order valence-electron chi connectivity index (χ4n) is 10.8. The van der Waals surface area contributed by atoms with E-state index in [1.165, 1.54) is 18.2 Å². The van der Waals surface area contributed by atoms with Crippen molar-refractivity contribution in [3.8, 4) is 11.4 Å². The van der Waals surface area contributed by atoms with Crippen molar-refractivity contribution in [2.24, 2.45) is 0 Å². The minimum absolute atomic E-state index is 0.0459. The highest BCUT2D eigenvalue weighted by molar-refractivity contribution is 7.71. The SMILES string of the molecule is CC[C@@]1(O)C(=O)OCc2c1cc1n(c2=S)Cc2c-1nc1cc(F)c(C)c3c1c2[C@@H](NC(=O)COCNC(=O)OCc1ccc(NC(=O)CNC(=O)[C@H](Cc2ccccc2)NC(=O)CNC(=O)CNC(=O)CCCCCN2C(=O)C=CC2=O)cc1)CC3. The molecule has 1 aliphatic carbocycles. The summed E-state index contributed by atoms with van der Waals surface area (Å²) in [5, 5.41) is 30.3. The van der Waals surface area contributed by atoms with E-state index in [0.717, 1.165) is 27.0 Å². The van der Waals surface area contributed by atoms with E-state index in [4.69, 9.17) is 31.4 Å². The lowest BCUT2D eigenvalue weighted by atomic mass is 9.81. The summed E-state index contributed by atoms with van der Waals surface area (Å²) in [6.45, 7) is 1.46. The summed E-state index contributed by atoms with van der Waals surface area (Å²) < 4.78 is 33.8. The molecule has 450 valence electrons. The molecule has 0 fully saturated rings. The van der Waals surface area contributed by atoms with Gasteiger partial charge in [0.05, 0.1) is 49.1 Å². The molecule has 3 atom stereocenters. The molecular weight excluding hydrogens is 1140 g/mol. The van der Waals surface area contributed by atoms with Gasteiger partial charge in [-0.1, -0.05) is 68.0 Å². The number of pyridine rings is 2. The van der Waals surface area contributed by atoms with Crippen LogP contribution in [0.25, 0.3) is 22.3 Å². The number of fused-ring (bicyclic) bond motifs is 5. The number of carbonyl (C=O) groups excluding carboxylic acids is 10. The number of aromatic nitrogens is 2. The maximum Gasteiger partial charge on any atom is 0.409 e. The Balaban J connectivity index is 0.690. The Kier molecular flexibility index (Phi) is 19.4. The van der Waals surface area contributed by atoms with E-state index >= 15 is 4.39 Å². The molecule has 0 bridgehead atoms. The number of carbonyl (C=O) groups is 10. The lowest BCUT2D eigenvalue weighted by Crippen LogP contribution is -2.52.